The van der Waals surface area contributed by atoms with Gasteiger partial charge in [-0.2, -0.15) is 5.10 Å². The third kappa shape index (κ3) is 2.36. The molecule has 2 unspecified atom stereocenters. The molecule has 1 saturated carbocycles. The topological polar surface area (TPSA) is 85.9 Å². The van der Waals surface area contributed by atoms with Crippen LogP contribution < -0.4 is 5.32 Å². The number of nitro groups is 1. The van der Waals surface area contributed by atoms with Crippen molar-refractivity contribution in [1.29, 1.82) is 0 Å². The van der Waals surface area contributed by atoms with E-state index in [4.69, 9.17) is 0 Å². The molecule has 2 aliphatic carbocycles. The first-order valence-corrected chi connectivity index (χ1v) is 8.24. The van der Waals surface area contributed by atoms with Crippen molar-refractivity contribution in [3.05, 3.63) is 70.0 Å². The molecule has 124 valence electrons. The predicted octanol–water partition coefficient (Wildman–Crippen LogP) is 3.58. The normalized spacial score (nSPS) is 20.0. The first-order chi connectivity index (χ1) is 12.2. The van der Waals surface area contributed by atoms with Crippen LogP contribution in [-0.4, -0.2) is 19.7 Å². The Labute approximate surface area is 143 Å². The summed E-state index contributed by atoms with van der Waals surface area (Å²) in [7, 11) is 0. The summed E-state index contributed by atoms with van der Waals surface area (Å²) < 4.78 is 1.58. The van der Waals surface area contributed by atoms with Gasteiger partial charge in [-0.25, -0.2) is 9.67 Å². The molecule has 1 N–H and O–H groups in total. The number of hydrogen-bond acceptors (Lipinski definition) is 5. The molecule has 2 heterocycles. The minimum Gasteiger partial charge on any atom is -0.334 e. The highest BCUT2D eigenvalue weighted by molar-refractivity contribution is 5.68. The van der Waals surface area contributed by atoms with Crippen molar-refractivity contribution in [2.24, 2.45) is 5.92 Å². The molecule has 25 heavy (non-hydrogen) atoms. The molecule has 7 heteroatoms. The van der Waals surface area contributed by atoms with Crippen LogP contribution in [0.15, 0.2) is 48.8 Å². The number of nitrogens with one attached hydrogen (secondary N) is 1. The number of benzene rings is 1. The summed E-state index contributed by atoms with van der Waals surface area (Å²) in [6.07, 6.45) is 5.82. The maximum Gasteiger partial charge on any atom is 0.311 e. The lowest BCUT2D eigenvalue weighted by Crippen LogP contribution is -2.05. The van der Waals surface area contributed by atoms with Gasteiger partial charge in [0.25, 0.3) is 0 Å². The minimum absolute atomic E-state index is 0.0549. The average Bonchev–Trinajstić information content (AvgIpc) is 3.03. The third-order valence-corrected chi connectivity index (χ3v) is 5.01. The first-order valence-electron chi connectivity index (χ1n) is 8.24. The van der Waals surface area contributed by atoms with Crippen LogP contribution >= 0.6 is 0 Å². The standard InChI is InChI=1S/C18H15N5O2/c24-23(25)16-4-5-17(22-7-1-6-19-22)21-18(16)20-13-3-2-11-8-12-9-14(12)15(11)10-13/h1-7,10,12,14H,8-9H2,(H,20,21). The van der Waals surface area contributed by atoms with Crippen molar-refractivity contribution in [3.63, 3.8) is 0 Å². The lowest BCUT2D eigenvalue weighted by atomic mass is 10.1. The Morgan fingerprint density at radius 1 is 1.28 bits per heavy atom. The van der Waals surface area contributed by atoms with E-state index in [1.807, 2.05) is 6.07 Å². The summed E-state index contributed by atoms with van der Waals surface area (Å²) in [5, 5.41) is 18.6. The molecule has 3 aromatic rings. The third-order valence-electron chi connectivity index (χ3n) is 5.01. The van der Waals surface area contributed by atoms with E-state index in [9.17, 15) is 10.1 Å². The zero-order chi connectivity index (χ0) is 17.0. The highest BCUT2D eigenvalue weighted by Crippen LogP contribution is 2.56. The van der Waals surface area contributed by atoms with Crippen molar-refractivity contribution in [1.82, 2.24) is 14.8 Å². The van der Waals surface area contributed by atoms with E-state index in [-0.39, 0.29) is 11.5 Å². The molecule has 2 aromatic heterocycles. The molecule has 1 aromatic carbocycles. The van der Waals surface area contributed by atoms with E-state index < -0.39 is 4.92 Å². The van der Waals surface area contributed by atoms with E-state index in [1.165, 1.54) is 23.6 Å². The lowest BCUT2D eigenvalue weighted by Gasteiger charge is -2.11. The second-order valence-electron chi connectivity index (χ2n) is 6.59. The zero-order valence-electron chi connectivity index (χ0n) is 13.3. The first kappa shape index (κ1) is 14.2. The van der Waals surface area contributed by atoms with Crippen LogP contribution in [0.1, 0.15) is 23.5 Å². The van der Waals surface area contributed by atoms with Crippen molar-refractivity contribution in [2.45, 2.75) is 18.8 Å². The number of nitrogens with zero attached hydrogens (tertiary/aromatic N) is 4. The fraction of sp³-hybridized carbons (Fsp3) is 0.222. The number of aromatic nitrogens is 3. The Bertz CT molecular complexity index is 983. The lowest BCUT2D eigenvalue weighted by molar-refractivity contribution is -0.384. The number of anilines is 2. The van der Waals surface area contributed by atoms with Crippen molar-refractivity contribution in [3.8, 4) is 5.82 Å². The number of rotatable bonds is 4. The second kappa shape index (κ2) is 5.14. The van der Waals surface area contributed by atoms with E-state index >= 15 is 0 Å². The molecular formula is C18H15N5O2. The summed E-state index contributed by atoms with van der Waals surface area (Å²) in [5.74, 6) is 2.24. The second-order valence-corrected chi connectivity index (χ2v) is 6.59. The minimum atomic E-state index is -0.424. The monoisotopic (exact) mass is 333 g/mol. The molecule has 2 atom stereocenters. The van der Waals surface area contributed by atoms with Crippen molar-refractivity contribution in [2.75, 3.05) is 5.32 Å². The highest BCUT2D eigenvalue weighted by atomic mass is 16.6. The zero-order valence-corrected chi connectivity index (χ0v) is 13.3. The molecule has 1 fully saturated rings. The van der Waals surface area contributed by atoms with E-state index in [1.54, 1.807) is 29.2 Å². The van der Waals surface area contributed by atoms with Gasteiger partial charge in [-0.3, -0.25) is 10.1 Å². The largest absolute Gasteiger partial charge is 0.334 e. The maximum absolute atomic E-state index is 11.4. The van der Waals surface area contributed by atoms with E-state index in [2.05, 4.69) is 27.5 Å². The van der Waals surface area contributed by atoms with Gasteiger partial charge in [-0.1, -0.05) is 6.07 Å². The summed E-state index contributed by atoms with van der Waals surface area (Å²) in [5.41, 5.74) is 3.56. The predicted molar refractivity (Wildman–Crippen MR) is 92.3 cm³/mol. The molecule has 7 nitrogen and oxygen atoms in total. The van der Waals surface area contributed by atoms with Gasteiger partial charge in [0.15, 0.2) is 5.82 Å². The van der Waals surface area contributed by atoms with Gasteiger partial charge < -0.3 is 5.32 Å². The number of pyridine rings is 1. The van der Waals surface area contributed by atoms with E-state index in [0.717, 1.165) is 18.0 Å². The summed E-state index contributed by atoms with van der Waals surface area (Å²) in [6, 6.07) is 11.0. The molecule has 0 amide bonds. The van der Waals surface area contributed by atoms with Gasteiger partial charge in [-0.05, 0) is 60.1 Å². The molecule has 0 radical (unpaired) electrons. The van der Waals surface area contributed by atoms with Crippen LogP contribution in [0.5, 0.6) is 0 Å². The van der Waals surface area contributed by atoms with Crippen molar-refractivity contribution < 1.29 is 4.92 Å². The highest BCUT2D eigenvalue weighted by Gasteiger charge is 2.44. The molecule has 0 bridgehead atoms. The maximum atomic E-state index is 11.4. The Morgan fingerprint density at radius 3 is 3.00 bits per heavy atom. The Hall–Kier alpha value is -3.22. The van der Waals surface area contributed by atoms with Gasteiger partial charge >= 0.3 is 5.69 Å². The van der Waals surface area contributed by atoms with Crippen molar-refractivity contribution >= 4 is 17.2 Å². The van der Waals surface area contributed by atoms with Crippen LogP contribution in [0.4, 0.5) is 17.2 Å². The van der Waals surface area contributed by atoms with Gasteiger partial charge in [-0.15, -0.1) is 0 Å². The van der Waals surface area contributed by atoms with Crippen LogP contribution in [0.3, 0.4) is 0 Å². The summed E-state index contributed by atoms with van der Waals surface area (Å²) in [6.45, 7) is 0. The summed E-state index contributed by atoms with van der Waals surface area (Å²) >= 11 is 0. The van der Waals surface area contributed by atoms with Crippen LogP contribution in [0.2, 0.25) is 0 Å². The molecule has 0 spiro atoms. The smallest absolute Gasteiger partial charge is 0.311 e. The van der Waals surface area contributed by atoms with Gasteiger partial charge in [0.2, 0.25) is 5.82 Å². The van der Waals surface area contributed by atoms with Crippen LogP contribution in [-0.2, 0) is 6.42 Å². The Morgan fingerprint density at radius 2 is 2.20 bits per heavy atom. The van der Waals surface area contributed by atoms with Gasteiger partial charge in [0.05, 0.1) is 4.92 Å². The fourth-order valence-electron chi connectivity index (χ4n) is 3.69. The summed E-state index contributed by atoms with van der Waals surface area (Å²) in [4.78, 5) is 15.3. The van der Waals surface area contributed by atoms with Gasteiger partial charge in [0.1, 0.15) is 0 Å². The molecule has 0 saturated heterocycles. The van der Waals surface area contributed by atoms with Crippen LogP contribution in [0.25, 0.3) is 5.82 Å². The van der Waals surface area contributed by atoms with Gasteiger partial charge in [0, 0.05) is 24.1 Å². The molecule has 0 aliphatic heterocycles. The Kier molecular flexibility index (Phi) is 2.91. The number of fused-ring (bicyclic) bond motifs is 3. The quantitative estimate of drug-likeness (QED) is 0.582. The molecule has 5 rings (SSSR count). The van der Waals surface area contributed by atoms with Crippen LogP contribution in [0, 0.1) is 16.0 Å². The SMILES string of the molecule is O=[N+]([O-])c1ccc(-n2cccn2)nc1Nc1ccc2c(c1)C1CC1C2. The fourth-order valence-corrected chi connectivity index (χ4v) is 3.69. The Balaban J connectivity index is 1.53. The van der Waals surface area contributed by atoms with E-state index in [0.29, 0.717) is 11.7 Å². The average molecular weight is 333 g/mol. The molecule has 2 aliphatic rings. The number of hydrogen-bond donors (Lipinski definition) is 1. The molecular weight excluding hydrogens is 318 g/mol.